The van der Waals surface area contributed by atoms with Crippen LogP contribution < -0.4 is 0 Å². The zero-order valence-electron chi connectivity index (χ0n) is 12.3. The molecule has 0 amide bonds. The molecule has 0 aromatic heterocycles. The summed E-state index contributed by atoms with van der Waals surface area (Å²) in [5.41, 5.74) is 1.77. The molecule has 0 fully saturated rings. The lowest BCUT2D eigenvalue weighted by molar-refractivity contribution is 0.608. The molecule has 0 heterocycles. The highest BCUT2D eigenvalue weighted by Gasteiger charge is 2.21. The van der Waals surface area contributed by atoms with Crippen molar-refractivity contribution in [2.45, 2.75) is 23.6 Å². The van der Waals surface area contributed by atoms with E-state index in [4.69, 9.17) is 44.6 Å². The summed E-state index contributed by atoms with van der Waals surface area (Å²) in [6.45, 7) is 3.22. The maximum atomic E-state index is 11.7. The van der Waals surface area contributed by atoms with Crippen molar-refractivity contribution in [1.29, 1.82) is 0 Å². The first-order chi connectivity index (χ1) is 10.8. The molecule has 4 nitrogen and oxygen atoms in total. The first-order valence-electron chi connectivity index (χ1n) is 6.32. The van der Waals surface area contributed by atoms with Crippen LogP contribution in [0, 0.1) is 13.8 Å². The van der Waals surface area contributed by atoms with Crippen molar-refractivity contribution < 1.29 is 16.8 Å². The Balaban J connectivity index is 2.84. The Hall–Kier alpha value is -0.500. The predicted octanol–water partition coefficient (Wildman–Crippen LogP) is 5.13. The van der Waals surface area contributed by atoms with Gasteiger partial charge in [0, 0.05) is 21.4 Å². The Kier molecular flexibility index (Phi) is 5.50. The molecule has 24 heavy (non-hydrogen) atoms. The van der Waals surface area contributed by atoms with E-state index in [1.807, 2.05) is 0 Å². The minimum absolute atomic E-state index is 0.00428. The van der Waals surface area contributed by atoms with Gasteiger partial charge in [0.25, 0.3) is 18.1 Å². The van der Waals surface area contributed by atoms with Crippen LogP contribution in [0.1, 0.15) is 11.1 Å². The highest BCUT2D eigenvalue weighted by atomic mass is 35.7. The van der Waals surface area contributed by atoms with Crippen LogP contribution in [0.5, 0.6) is 0 Å². The fourth-order valence-electron chi connectivity index (χ4n) is 2.16. The molecule has 0 aliphatic heterocycles. The summed E-state index contributed by atoms with van der Waals surface area (Å²) >= 11 is 12.0. The molecule has 0 atom stereocenters. The van der Waals surface area contributed by atoms with E-state index >= 15 is 0 Å². The maximum Gasteiger partial charge on any atom is 0.262 e. The van der Waals surface area contributed by atoms with Gasteiger partial charge in [-0.25, -0.2) is 16.8 Å². The maximum absolute atomic E-state index is 11.7. The third-order valence-corrected chi connectivity index (χ3v) is 7.22. The van der Waals surface area contributed by atoms with Crippen LogP contribution in [0.4, 0.5) is 0 Å². The summed E-state index contributed by atoms with van der Waals surface area (Å²) in [7, 11) is 2.66. The number of hydrogen-bond donors (Lipinski definition) is 0. The largest absolute Gasteiger partial charge is 0.262 e. The average molecular weight is 448 g/mol. The van der Waals surface area contributed by atoms with Gasteiger partial charge in [-0.1, -0.05) is 23.2 Å². The lowest BCUT2D eigenvalue weighted by Gasteiger charge is -2.12. The van der Waals surface area contributed by atoms with Gasteiger partial charge in [0.2, 0.25) is 0 Å². The molecule has 0 bridgehead atoms. The van der Waals surface area contributed by atoms with Crippen LogP contribution in [0.15, 0.2) is 34.1 Å². The Bertz CT molecular complexity index is 959. The molecule has 0 N–H and O–H groups in total. The van der Waals surface area contributed by atoms with Crippen molar-refractivity contribution in [3.05, 3.63) is 45.4 Å². The molecule has 0 spiro atoms. The van der Waals surface area contributed by atoms with E-state index in [-0.39, 0.29) is 19.8 Å². The molecule has 0 saturated carbocycles. The van der Waals surface area contributed by atoms with Crippen molar-refractivity contribution in [2.24, 2.45) is 0 Å². The van der Waals surface area contributed by atoms with Gasteiger partial charge in [-0.2, -0.15) is 0 Å². The van der Waals surface area contributed by atoms with Crippen molar-refractivity contribution in [1.82, 2.24) is 0 Å². The van der Waals surface area contributed by atoms with Crippen LogP contribution in [0.25, 0.3) is 11.1 Å². The van der Waals surface area contributed by atoms with E-state index in [1.165, 1.54) is 12.1 Å². The zero-order chi connectivity index (χ0) is 18.4. The average Bonchev–Trinajstić information content (AvgIpc) is 2.41. The summed E-state index contributed by atoms with van der Waals surface area (Å²) in [6, 6.07) is 5.76. The molecular formula is C14H10Cl4O4S2. The summed E-state index contributed by atoms with van der Waals surface area (Å²) in [5, 5.41) is 0.00856. The van der Waals surface area contributed by atoms with Crippen LogP contribution in [-0.2, 0) is 18.1 Å². The second kappa shape index (κ2) is 6.67. The molecule has 130 valence electrons. The van der Waals surface area contributed by atoms with Crippen molar-refractivity contribution >= 4 is 62.7 Å². The first kappa shape index (κ1) is 19.8. The predicted molar refractivity (Wildman–Crippen MR) is 97.4 cm³/mol. The van der Waals surface area contributed by atoms with Gasteiger partial charge in [0.1, 0.15) is 9.79 Å². The quantitative estimate of drug-likeness (QED) is 0.611. The van der Waals surface area contributed by atoms with Gasteiger partial charge in [-0.3, -0.25) is 0 Å². The van der Waals surface area contributed by atoms with Gasteiger partial charge in [-0.15, -0.1) is 0 Å². The zero-order valence-corrected chi connectivity index (χ0v) is 16.9. The Morgan fingerprint density at radius 2 is 0.958 bits per heavy atom. The van der Waals surface area contributed by atoms with Crippen molar-refractivity contribution in [3.63, 3.8) is 0 Å². The second-order valence-corrected chi connectivity index (χ2v) is 10.9. The molecule has 2 aromatic rings. The van der Waals surface area contributed by atoms with Gasteiger partial charge in [0.05, 0.1) is 10.0 Å². The first-order valence-corrected chi connectivity index (χ1v) is 11.7. The summed E-state index contributed by atoms with van der Waals surface area (Å²) in [5.74, 6) is 0. The number of benzene rings is 2. The van der Waals surface area contributed by atoms with Gasteiger partial charge < -0.3 is 0 Å². The molecule has 0 aliphatic rings. The third-order valence-electron chi connectivity index (χ3n) is 3.30. The molecule has 2 rings (SSSR count). The smallest absolute Gasteiger partial charge is 0.207 e. The molecule has 2 aromatic carbocycles. The molecule has 0 unspecified atom stereocenters. The van der Waals surface area contributed by atoms with Crippen LogP contribution in [0.3, 0.4) is 0 Å². The summed E-state index contributed by atoms with van der Waals surface area (Å²) in [6.07, 6.45) is 0. The highest BCUT2D eigenvalue weighted by molar-refractivity contribution is 8.14. The summed E-state index contributed by atoms with van der Waals surface area (Å²) in [4.78, 5) is -0.521. The Morgan fingerprint density at radius 1 is 0.667 bits per heavy atom. The monoisotopic (exact) mass is 446 g/mol. The van der Waals surface area contributed by atoms with E-state index in [0.29, 0.717) is 22.3 Å². The lowest BCUT2D eigenvalue weighted by Crippen LogP contribution is -1.98. The standard InChI is InChI=1S/C14H10Cl4O4S2/c1-7-3-9(5-11(13(7)15)23(17,19)20)10-4-8(2)14(16)12(6-10)24(18,21)22/h3-6H,1-2H3. The number of aryl methyl sites for hydroxylation is 2. The highest BCUT2D eigenvalue weighted by Crippen LogP contribution is 2.37. The van der Waals surface area contributed by atoms with E-state index in [2.05, 4.69) is 0 Å². The topological polar surface area (TPSA) is 68.3 Å². The van der Waals surface area contributed by atoms with Gasteiger partial charge in [0.15, 0.2) is 0 Å². The van der Waals surface area contributed by atoms with Gasteiger partial charge >= 0.3 is 0 Å². The second-order valence-electron chi connectivity index (χ2n) is 5.09. The summed E-state index contributed by atoms with van der Waals surface area (Å²) < 4.78 is 46.7. The fraction of sp³-hybridized carbons (Fsp3) is 0.143. The van der Waals surface area contributed by atoms with E-state index < -0.39 is 18.1 Å². The normalized spacial score (nSPS) is 12.4. The van der Waals surface area contributed by atoms with Crippen LogP contribution >= 0.6 is 44.6 Å². The third kappa shape index (κ3) is 4.00. The van der Waals surface area contributed by atoms with Crippen molar-refractivity contribution in [2.75, 3.05) is 0 Å². The SMILES string of the molecule is Cc1cc(-c2cc(C)c(Cl)c(S(=O)(=O)Cl)c2)cc(S(=O)(=O)Cl)c1Cl. The van der Waals surface area contributed by atoms with E-state index in [0.717, 1.165) is 0 Å². The number of hydrogen-bond acceptors (Lipinski definition) is 4. The molecule has 0 aliphatic carbocycles. The van der Waals surface area contributed by atoms with Crippen molar-refractivity contribution in [3.8, 4) is 11.1 Å². The minimum atomic E-state index is -4.07. The van der Waals surface area contributed by atoms with Gasteiger partial charge in [-0.05, 0) is 60.4 Å². The Labute approximate surface area is 159 Å². The van der Waals surface area contributed by atoms with Crippen LogP contribution in [-0.4, -0.2) is 16.8 Å². The Morgan fingerprint density at radius 3 is 1.21 bits per heavy atom. The van der Waals surface area contributed by atoms with E-state index in [1.54, 1.807) is 26.0 Å². The number of rotatable bonds is 3. The van der Waals surface area contributed by atoms with E-state index in [9.17, 15) is 16.8 Å². The molecule has 0 saturated heterocycles. The molecule has 10 heteroatoms. The number of halogens is 4. The van der Waals surface area contributed by atoms with Crippen LogP contribution in [0.2, 0.25) is 10.0 Å². The molecule has 0 radical (unpaired) electrons. The lowest BCUT2D eigenvalue weighted by atomic mass is 10.0. The minimum Gasteiger partial charge on any atom is -0.207 e. The fourth-order valence-corrected chi connectivity index (χ4v) is 5.24. The molecular weight excluding hydrogens is 438 g/mol.